The zero-order valence-corrected chi connectivity index (χ0v) is 14.4. The first-order chi connectivity index (χ1) is 11.5. The summed E-state index contributed by atoms with van der Waals surface area (Å²) < 4.78 is 0. The molecule has 1 spiro atoms. The number of aliphatic imine (C=N–C) groups is 1. The summed E-state index contributed by atoms with van der Waals surface area (Å²) >= 11 is 0. The zero-order valence-electron chi connectivity index (χ0n) is 14.4. The third kappa shape index (κ3) is 3.21. The molecule has 0 atom stereocenters. The van der Waals surface area contributed by atoms with E-state index in [0.29, 0.717) is 5.71 Å². The van der Waals surface area contributed by atoms with E-state index >= 15 is 0 Å². The predicted octanol–water partition coefficient (Wildman–Crippen LogP) is 2.50. The van der Waals surface area contributed by atoms with Gasteiger partial charge in [0.2, 0.25) is 5.91 Å². The van der Waals surface area contributed by atoms with Crippen molar-refractivity contribution in [3.63, 3.8) is 0 Å². The SMILES string of the molecule is CC(C)NC(=O)CN1C(=O)C(c2ccccc2)=NC12CCCCC2. The lowest BCUT2D eigenvalue weighted by molar-refractivity contribution is -0.136. The summed E-state index contributed by atoms with van der Waals surface area (Å²) in [6.45, 7) is 3.93. The largest absolute Gasteiger partial charge is 0.352 e. The van der Waals surface area contributed by atoms with Crippen LogP contribution in [0.15, 0.2) is 35.3 Å². The quantitative estimate of drug-likeness (QED) is 0.923. The maximum atomic E-state index is 13.0. The molecule has 0 saturated heterocycles. The highest BCUT2D eigenvalue weighted by Crippen LogP contribution is 2.39. The van der Waals surface area contributed by atoms with Crippen molar-refractivity contribution in [3.05, 3.63) is 35.9 Å². The molecule has 0 bridgehead atoms. The highest BCUT2D eigenvalue weighted by molar-refractivity contribution is 6.47. The summed E-state index contributed by atoms with van der Waals surface area (Å²) in [5, 5.41) is 2.88. The van der Waals surface area contributed by atoms with Gasteiger partial charge >= 0.3 is 0 Å². The molecule has 24 heavy (non-hydrogen) atoms. The molecule has 5 nitrogen and oxygen atoms in total. The fourth-order valence-electron chi connectivity index (χ4n) is 3.65. The minimum absolute atomic E-state index is 0.0621. The molecule has 0 unspecified atom stereocenters. The van der Waals surface area contributed by atoms with Crippen LogP contribution in [0.1, 0.15) is 51.5 Å². The van der Waals surface area contributed by atoms with Crippen LogP contribution >= 0.6 is 0 Å². The third-order valence-electron chi connectivity index (χ3n) is 4.72. The molecular weight excluding hydrogens is 302 g/mol. The molecule has 1 aliphatic carbocycles. The van der Waals surface area contributed by atoms with Crippen molar-refractivity contribution in [3.8, 4) is 0 Å². The molecule has 128 valence electrons. The molecule has 1 aliphatic heterocycles. The summed E-state index contributed by atoms with van der Waals surface area (Å²) in [6.07, 6.45) is 4.93. The second kappa shape index (κ2) is 6.75. The highest BCUT2D eigenvalue weighted by Gasteiger charge is 2.48. The van der Waals surface area contributed by atoms with Gasteiger partial charge in [-0.25, -0.2) is 0 Å². The van der Waals surface area contributed by atoms with E-state index in [1.807, 2.05) is 44.2 Å². The molecule has 1 saturated carbocycles. The number of benzene rings is 1. The van der Waals surface area contributed by atoms with Crippen molar-refractivity contribution >= 4 is 17.5 Å². The highest BCUT2D eigenvalue weighted by atomic mass is 16.2. The Morgan fingerprint density at radius 2 is 1.88 bits per heavy atom. The van der Waals surface area contributed by atoms with E-state index in [-0.39, 0.29) is 24.4 Å². The van der Waals surface area contributed by atoms with Crippen LogP contribution in [0.3, 0.4) is 0 Å². The molecule has 3 rings (SSSR count). The van der Waals surface area contributed by atoms with Gasteiger partial charge in [0.25, 0.3) is 5.91 Å². The minimum atomic E-state index is -0.533. The first-order valence-electron chi connectivity index (χ1n) is 8.78. The van der Waals surface area contributed by atoms with Gasteiger partial charge in [0.15, 0.2) is 0 Å². The van der Waals surface area contributed by atoms with Crippen LogP contribution < -0.4 is 5.32 Å². The molecule has 2 aliphatic rings. The average molecular weight is 327 g/mol. The Bertz CT molecular complexity index is 646. The Morgan fingerprint density at radius 3 is 2.50 bits per heavy atom. The molecule has 0 radical (unpaired) electrons. The summed E-state index contributed by atoms with van der Waals surface area (Å²) in [5.41, 5.74) is 0.795. The van der Waals surface area contributed by atoms with E-state index < -0.39 is 5.66 Å². The Hall–Kier alpha value is -2.17. The number of nitrogens with one attached hydrogen (secondary N) is 1. The summed E-state index contributed by atoms with van der Waals surface area (Å²) in [7, 11) is 0. The Kier molecular flexibility index (Phi) is 4.69. The predicted molar refractivity (Wildman–Crippen MR) is 93.8 cm³/mol. The number of hydrogen-bond donors (Lipinski definition) is 1. The molecule has 1 fully saturated rings. The molecule has 5 heteroatoms. The Labute approximate surface area is 143 Å². The van der Waals surface area contributed by atoms with Crippen LogP contribution in [-0.4, -0.2) is 40.7 Å². The Balaban J connectivity index is 1.90. The molecular formula is C19H25N3O2. The Morgan fingerprint density at radius 1 is 1.21 bits per heavy atom. The topological polar surface area (TPSA) is 61.8 Å². The first kappa shape index (κ1) is 16.7. The third-order valence-corrected chi connectivity index (χ3v) is 4.72. The van der Waals surface area contributed by atoms with Crippen molar-refractivity contribution in [1.82, 2.24) is 10.2 Å². The maximum Gasteiger partial charge on any atom is 0.275 e. The van der Waals surface area contributed by atoms with E-state index in [9.17, 15) is 9.59 Å². The second-order valence-electron chi connectivity index (χ2n) is 6.98. The normalized spacial score (nSPS) is 19.7. The van der Waals surface area contributed by atoms with Gasteiger partial charge in [0.1, 0.15) is 17.9 Å². The molecule has 1 aromatic rings. The molecule has 1 aromatic carbocycles. The van der Waals surface area contributed by atoms with Crippen LogP contribution in [0.2, 0.25) is 0 Å². The molecule has 2 amide bonds. The summed E-state index contributed by atoms with van der Waals surface area (Å²) in [6, 6.07) is 9.62. The van der Waals surface area contributed by atoms with Gasteiger partial charge in [-0.2, -0.15) is 0 Å². The number of carbonyl (C=O) groups excluding carboxylic acids is 2. The van der Waals surface area contributed by atoms with Crippen LogP contribution in [0.25, 0.3) is 0 Å². The second-order valence-corrected chi connectivity index (χ2v) is 6.98. The van der Waals surface area contributed by atoms with Crippen molar-refractivity contribution in [2.75, 3.05) is 6.54 Å². The smallest absolute Gasteiger partial charge is 0.275 e. The van der Waals surface area contributed by atoms with Crippen molar-refractivity contribution < 1.29 is 9.59 Å². The number of carbonyl (C=O) groups is 2. The van der Waals surface area contributed by atoms with E-state index in [2.05, 4.69) is 5.32 Å². The van der Waals surface area contributed by atoms with Crippen LogP contribution in [0.4, 0.5) is 0 Å². The fourth-order valence-corrected chi connectivity index (χ4v) is 3.65. The van der Waals surface area contributed by atoms with Gasteiger partial charge in [-0.15, -0.1) is 0 Å². The van der Waals surface area contributed by atoms with E-state index in [1.54, 1.807) is 4.90 Å². The van der Waals surface area contributed by atoms with Gasteiger partial charge in [-0.1, -0.05) is 36.8 Å². The molecule has 1 N–H and O–H groups in total. The minimum Gasteiger partial charge on any atom is -0.352 e. The van der Waals surface area contributed by atoms with Crippen LogP contribution in [0.5, 0.6) is 0 Å². The number of hydrogen-bond acceptors (Lipinski definition) is 3. The van der Waals surface area contributed by atoms with Gasteiger partial charge in [0, 0.05) is 11.6 Å². The van der Waals surface area contributed by atoms with Crippen molar-refractivity contribution in [1.29, 1.82) is 0 Å². The summed E-state index contributed by atoms with van der Waals surface area (Å²) in [5.74, 6) is -0.241. The van der Waals surface area contributed by atoms with Gasteiger partial charge < -0.3 is 10.2 Å². The molecule has 0 aromatic heterocycles. The number of rotatable bonds is 4. The van der Waals surface area contributed by atoms with Gasteiger partial charge in [-0.3, -0.25) is 14.6 Å². The summed E-state index contributed by atoms with van der Waals surface area (Å²) in [4.78, 5) is 31.8. The maximum absolute atomic E-state index is 13.0. The lowest BCUT2D eigenvalue weighted by Crippen LogP contribution is -2.52. The van der Waals surface area contributed by atoms with E-state index in [0.717, 1.165) is 37.7 Å². The molecule has 1 heterocycles. The lowest BCUT2D eigenvalue weighted by atomic mass is 9.88. The van der Waals surface area contributed by atoms with Crippen LogP contribution in [-0.2, 0) is 9.59 Å². The van der Waals surface area contributed by atoms with Crippen LogP contribution in [0, 0.1) is 0 Å². The average Bonchev–Trinajstić information content (AvgIpc) is 2.82. The first-order valence-corrected chi connectivity index (χ1v) is 8.78. The van der Waals surface area contributed by atoms with Gasteiger partial charge in [0.05, 0.1) is 0 Å². The van der Waals surface area contributed by atoms with Crippen molar-refractivity contribution in [2.45, 2.75) is 57.7 Å². The number of amides is 2. The van der Waals surface area contributed by atoms with E-state index in [4.69, 9.17) is 4.99 Å². The monoisotopic (exact) mass is 327 g/mol. The van der Waals surface area contributed by atoms with Gasteiger partial charge in [-0.05, 0) is 39.5 Å². The standard InChI is InChI=1S/C19H25N3O2/c1-14(2)20-16(23)13-22-18(24)17(15-9-5-3-6-10-15)21-19(22)11-7-4-8-12-19/h3,5-6,9-10,14H,4,7-8,11-13H2,1-2H3,(H,20,23). The number of nitrogens with zero attached hydrogens (tertiary/aromatic N) is 2. The lowest BCUT2D eigenvalue weighted by Gasteiger charge is -2.38. The van der Waals surface area contributed by atoms with E-state index in [1.165, 1.54) is 0 Å². The van der Waals surface area contributed by atoms with Crippen molar-refractivity contribution in [2.24, 2.45) is 4.99 Å². The zero-order chi connectivity index (χ0) is 17.2. The fraction of sp³-hybridized carbons (Fsp3) is 0.526.